The Kier molecular flexibility index (Phi) is 7.57. The minimum atomic E-state index is -0.687. The maximum atomic E-state index is 12.3. The predicted molar refractivity (Wildman–Crippen MR) is 108 cm³/mol. The molecular formula is C19H28N4O5S. The van der Waals surface area contributed by atoms with Crippen molar-refractivity contribution in [1.29, 1.82) is 0 Å². The standard InChI is InChI=1S/C19H28N4O5S/c1-14(24)21-18-22-15(12-29-18)17(26)28-11-16(25)20-13-19(5-3-2-4-6-19)23-7-9-27-10-8-23/h12H,2-11,13H2,1H3,(H,20,25)(H,21,22,24). The van der Waals surface area contributed by atoms with E-state index in [4.69, 9.17) is 9.47 Å². The number of nitrogens with one attached hydrogen (secondary N) is 2. The highest BCUT2D eigenvalue weighted by Gasteiger charge is 2.38. The molecule has 2 amide bonds. The molecule has 2 N–H and O–H groups in total. The average Bonchev–Trinajstić information content (AvgIpc) is 3.19. The Hall–Kier alpha value is -2.04. The third-order valence-electron chi connectivity index (χ3n) is 5.41. The van der Waals surface area contributed by atoms with Crippen molar-refractivity contribution in [3.63, 3.8) is 0 Å². The molecule has 1 saturated heterocycles. The maximum Gasteiger partial charge on any atom is 0.358 e. The molecule has 1 aromatic rings. The molecule has 0 radical (unpaired) electrons. The van der Waals surface area contributed by atoms with Crippen LogP contribution >= 0.6 is 11.3 Å². The fourth-order valence-corrected chi connectivity index (χ4v) is 4.67. The highest BCUT2D eigenvalue weighted by Crippen LogP contribution is 2.33. The van der Waals surface area contributed by atoms with E-state index in [2.05, 4.69) is 20.5 Å². The summed E-state index contributed by atoms with van der Waals surface area (Å²) in [5.74, 6) is -1.28. The Labute approximate surface area is 174 Å². The second kappa shape index (κ2) is 10.1. The molecule has 29 heavy (non-hydrogen) atoms. The number of anilines is 1. The summed E-state index contributed by atoms with van der Waals surface area (Å²) in [4.78, 5) is 41.8. The van der Waals surface area contributed by atoms with Crippen molar-refractivity contribution >= 4 is 34.3 Å². The molecule has 2 fully saturated rings. The van der Waals surface area contributed by atoms with Crippen molar-refractivity contribution < 1.29 is 23.9 Å². The molecule has 160 valence electrons. The van der Waals surface area contributed by atoms with Crippen LogP contribution in [0.4, 0.5) is 5.13 Å². The molecule has 1 aliphatic carbocycles. The highest BCUT2D eigenvalue weighted by atomic mass is 32.1. The number of carbonyl (C=O) groups is 3. The van der Waals surface area contributed by atoms with Gasteiger partial charge in [-0.3, -0.25) is 14.5 Å². The van der Waals surface area contributed by atoms with Gasteiger partial charge in [0.05, 0.1) is 13.2 Å². The molecule has 10 heteroatoms. The molecular weight excluding hydrogens is 396 g/mol. The molecule has 2 aliphatic rings. The molecule has 9 nitrogen and oxygen atoms in total. The van der Waals surface area contributed by atoms with Crippen molar-refractivity contribution in [2.45, 2.75) is 44.6 Å². The number of thiazole rings is 1. The fraction of sp³-hybridized carbons (Fsp3) is 0.684. The van der Waals surface area contributed by atoms with Crippen LogP contribution in [-0.4, -0.2) is 72.7 Å². The topological polar surface area (TPSA) is 110 Å². The first-order valence-corrected chi connectivity index (χ1v) is 10.9. The van der Waals surface area contributed by atoms with E-state index in [0.29, 0.717) is 11.7 Å². The second-order valence-electron chi connectivity index (χ2n) is 7.46. The van der Waals surface area contributed by atoms with Crippen LogP contribution < -0.4 is 10.6 Å². The molecule has 0 atom stereocenters. The van der Waals surface area contributed by atoms with Crippen LogP contribution in [-0.2, 0) is 19.1 Å². The molecule has 1 aromatic heterocycles. The molecule has 2 heterocycles. The first-order chi connectivity index (χ1) is 14.0. The maximum absolute atomic E-state index is 12.3. The van der Waals surface area contributed by atoms with E-state index < -0.39 is 5.97 Å². The smallest absolute Gasteiger partial charge is 0.358 e. The first kappa shape index (κ1) is 21.7. The Balaban J connectivity index is 1.48. The monoisotopic (exact) mass is 424 g/mol. The lowest BCUT2D eigenvalue weighted by atomic mass is 9.79. The fourth-order valence-electron chi connectivity index (χ4n) is 3.95. The van der Waals surface area contributed by atoms with Gasteiger partial charge in [-0.1, -0.05) is 19.3 Å². The van der Waals surface area contributed by atoms with Crippen molar-refractivity contribution in [1.82, 2.24) is 15.2 Å². The average molecular weight is 425 g/mol. The van der Waals surface area contributed by atoms with Crippen LogP contribution in [0.25, 0.3) is 0 Å². The van der Waals surface area contributed by atoms with E-state index in [1.807, 2.05) is 0 Å². The van der Waals surface area contributed by atoms with Crippen LogP contribution in [0, 0.1) is 0 Å². The number of nitrogens with zero attached hydrogens (tertiary/aromatic N) is 2. The zero-order valence-electron chi connectivity index (χ0n) is 16.7. The number of morpholine rings is 1. The lowest BCUT2D eigenvalue weighted by Crippen LogP contribution is -2.59. The summed E-state index contributed by atoms with van der Waals surface area (Å²) in [6.07, 6.45) is 5.65. The van der Waals surface area contributed by atoms with Gasteiger partial charge in [-0.2, -0.15) is 0 Å². The second-order valence-corrected chi connectivity index (χ2v) is 8.31. The lowest BCUT2D eigenvalue weighted by Gasteiger charge is -2.48. The highest BCUT2D eigenvalue weighted by molar-refractivity contribution is 7.14. The molecule has 0 bridgehead atoms. The summed E-state index contributed by atoms with van der Waals surface area (Å²) in [6, 6.07) is 0. The van der Waals surface area contributed by atoms with Crippen LogP contribution in [0.5, 0.6) is 0 Å². The summed E-state index contributed by atoms with van der Waals surface area (Å²) in [6.45, 7) is 4.76. The third kappa shape index (κ3) is 5.97. The van der Waals surface area contributed by atoms with Gasteiger partial charge in [-0.15, -0.1) is 11.3 Å². The van der Waals surface area contributed by atoms with Gasteiger partial charge in [-0.05, 0) is 12.8 Å². The van der Waals surface area contributed by atoms with E-state index >= 15 is 0 Å². The van der Waals surface area contributed by atoms with Gasteiger partial charge in [0.2, 0.25) is 5.91 Å². The summed E-state index contributed by atoms with van der Waals surface area (Å²) >= 11 is 1.12. The number of ether oxygens (including phenoxy) is 2. The Bertz CT molecular complexity index is 726. The van der Waals surface area contributed by atoms with Gasteiger partial charge in [0.15, 0.2) is 17.4 Å². The Morgan fingerprint density at radius 2 is 1.97 bits per heavy atom. The zero-order valence-corrected chi connectivity index (χ0v) is 17.5. The van der Waals surface area contributed by atoms with Gasteiger partial charge in [-0.25, -0.2) is 9.78 Å². The largest absolute Gasteiger partial charge is 0.451 e. The minimum Gasteiger partial charge on any atom is -0.451 e. The minimum absolute atomic E-state index is 0.0378. The normalized spacial score (nSPS) is 19.3. The number of hydrogen-bond donors (Lipinski definition) is 2. The SMILES string of the molecule is CC(=O)Nc1nc(C(=O)OCC(=O)NCC2(N3CCOCC3)CCCCC2)cs1. The Morgan fingerprint density at radius 3 is 2.66 bits per heavy atom. The molecule has 0 unspecified atom stereocenters. The number of rotatable bonds is 7. The van der Waals surface area contributed by atoms with Crippen molar-refractivity contribution in [3.05, 3.63) is 11.1 Å². The van der Waals surface area contributed by atoms with Crippen molar-refractivity contribution in [2.75, 3.05) is 44.8 Å². The van der Waals surface area contributed by atoms with Crippen LogP contribution in [0.2, 0.25) is 0 Å². The van der Waals surface area contributed by atoms with Gasteiger partial charge in [0.1, 0.15) is 0 Å². The summed E-state index contributed by atoms with van der Waals surface area (Å²) in [7, 11) is 0. The van der Waals surface area contributed by atoms with E-state index in [-0.39, 0.29) is 29.7 Å². The summed E-state index contributed by atoms with van der Waals surface area (Å²) < 4.78 is 10.5. The van der Waals surface area contributed by atoms with E-state index in [1.54, 1.807) is 0 Å². The predicted octanol–water partition coefficient (Wildman–Crippen LogP) is 1.41. The molecule has 1 aliphatic heterocycles. The third-order valence-corrected chi connectivity index (χ3v) is 6.17. The van der Waals surface area contributed by atoms with E-state index in [0.717, 1.165) is 63.3 Å². The quantitative estimate of drug-likeness (QED) is 0.637. The number of hydrogen-bond acceptors (Lipinski definition) is 8. The molecule has 0 spiro atoms. The lowest BCUT2D eigenvalue weighted by molar-refractivity contribution is -0.125. The first-order valence-electron chi connectivity index (χ1n) is 9.98. The van der Waals surface area contributed by atoms with Crippen LogP contribution in [0.15, 0.2) is 5.38 Å². The molecule has 3 rings (SSSR count). The zero-order chi connectivity index (χ0) is 20.7. The van der Waals surface area contributed by atoms with Gasteiger partial charge >= 0.3 is 5.97 Å². The van der Waals surface area contributed by atoms with Crippen LogP contribution in [0.1, 0.15) is 49.5 Å². The molecule has 0 aromatic carbocycles. The van der Waals surface area contributed by atoms with E-state index in [9.17, 15) is 14.4 Å². The van der Waals surface area contributed by atoms with Crippen molar-refractivity contribution in [2.24, 2.45) is 0 Å². The van der Waals surface area contributed by atoms with Gasteiger partial charge in [0.25, 0.3) is 5.91 Å². The number of amides is 2. The Morgan fingerprint density at radius 1 is 1.24 bits per heavy atom. The number of aromatic nitrogens is 1. The van der Waals surface area contributed by atoms with E-state index in [1.165, 1.54) is 18.7 Å². The number of carbonyl (C=O) groups excluding carboxylic acids is 3. The summed E-state index contributed by atoms with van der Waals surface area (Å²) in [5, 5.41) is 7.27. The van der Waals surface area contributed by atoms with Gasteiger partial charge < -0.3 is 20.1 Å². The van der Waals surface area contributed by atoms with Gasteiger partial charge in [0, 0.05) is 37.5 Å². The number of esters is 1. The van der Waals surface area contributed by atoms with Crippen LogP contribution in [0.3, 0.4) is 0 Å². The molecule has 1 saturated carbocycles. The van der Waals surface area contributed by atoms with Crippen molar-refractivity contribution in [3.8, 4) is 0 Å². The summed E-state index contributed by atoms with van der Waals surface area (Å²) in [5.41, 5.74) is 0.0350.